The van der Waals surface area contributed by atoms with Crippen LogP contribution in [0, 0.1) is 0 Å². The Hall–Kier alpha value is -1.71. The van der Waals surface area contributed by atoms with Gasteiger partial charge in [0, 0.05) is 32.5 Å². The molecule has 0 saturated heterocycles. The Morgan fingerprint density at radius 1 is 0.833 bits per heavy atom. The number of aliphatic hydroxyl groups is 1. The van der Waals surface area contributed by atoms with Gasteiger partial charge in [0.2, 0.25) is 8.32 Å². The number of hydrogen-bond donors (Lipinski definition) is 1. The first-order valence-electron chi connectivity index (χ1n) is 16.3. The van der Waals surface area contributed by atoms with E-state index in [1.165, 1.54) is 10.4 Å². The molecule has 1 aliphatic heterocycles. The molecular weight excluding hydrogens is 553 g/mol. The van der Waals surface area contributed by atoms with Crippen molar-refractivity contribution in [3.8, 4) is 0 Å². The lowest BCUT2D eigenvalue weighted by molar-refractivity contribution is 0.0280. The summed E-state index contributed by atoms with van der Waals surface area (Å²) in [5.41, 5.74) is 1.59. The molecule has 2 aromatic carbocycles. The maximum Gasteiger partial charge on any atom is 0.261 e. The van der Waals surface area contributed by atoms with Crippen LogP contribution in [-0.2, 0) is 13.6 Å². The molecule has 0 saturated carbocycles. The second kappa shape index (κ2) is 15.3. The first-order valence-corrected chi connectivity index (χ1v) is 20.3. The second-order valence-electron chi connectivity index (χ2n) is 14.1. The summed E-state index contributed by atoms with van der Waals surface area (Å²) < 4.78 is 21.1. The minimum atomic E-state index is -2.60. The van der Waals surface area contributed by atoms with Gasteiger partial charge in [0.1, 0.15) is 6.10 Å². The summed E-state index contributed by atoms with van der Waals surface area (Å²) >= 11 is 0. The summed E-state index contributed by atoms with van der Waals surface area (Å²) in [6.07, 6.45) is 6.58. The molecule has 4 nitrogen and oxygen atoms in total. The van der Waals surface area contributed by atoms with E-state index < -0.39 is 16.6 Å². The van der Waals surface area contributed by atoms with Crippen molar-refractivity contribution in [1.82, 2.24) is 0 Å². The largest absolute Gasteiger partial charge is 0.495 e. The summed E-state index contributed by atoms with van der Waals surface area (Å²) in [5, 5.41) is 11.9. The topological polar surface area (TPSA) is 47.9 Å². The third-order valence-corrected chi connectivity index (χ3v) is 20.4. The van der Waals surface area contributed by atoms with Crippen LogP contribution in [0.15, 0.2) is 72.5 Å². The van der Waals surface area contributed by atoms with Crippen LogP contribution in [-0.4, -0.2) is 47.2 Å². The molecule has 0 amide bonds. The zero-order valence-electron chi connectivity index (χ0n) is 27.9. The first-order chi connectivity index (χ1) is 19.9. The molecule has 6 heteroatoms. The van der Waals surface area contributed by atoms with Crippen LogP contribution in [0.2, 0.25) is 21.7 Å². The normalized spacial score (nSPS) is 18.5. The third kappa shape index (κ3) is 7.86. The van der Waals surface area contributed by atoms with Gasteiger partial charge in [-0.25, -0.2) is 0 Å². The first kappa shape index (κ1) is 34.8. The van der Waals surface area contributed by atoms with Gasteiger partial charge in [-0.3, -0.25) is 0 Å². The van der Waals surface area contributed by atoms with Gasteiger partial charge in [0.15, 0.2) is 0 Å². The lowest BCUT2D eigenvalue weighted by Gasteiger charge is -2.46. The van der Waals surface area contributed by atoms with Crippen molar-refractivity contribution in [2.45, 2.75) is 128 Å². The minimum Gasteiger partial charge on any atom is -0.495 e. The van der Waals surface area contributed by atoms with Crippen molar-refractivity contribution in [3.63, 3.8) is 0 Å². The van der Waals surface area contributed by atoms with E-state index in [1.54, 1.807) is 0 Å². The molecule has 234 valence electrons. The minimum absolute atomic E-state index is 0.0422. The SMILES string of the molecule is CC(C)[Si](O[C@H]1C=C(CCCCO)O[C@H](CCO[Si](c2ccccc2)(c2ccccc2)C(C)(C)C)C1)(C(C)C)C(C)C. The van der Waals surface area contributed by atoms with Crippen molar-refractivity contribution in [2.24, 2.45) is 0 Å². The number of ether oxygens (including phenoxy) is 1. The number of benzene rings is 2. The Morgan fingerprint density at radius 3 is 1.81 bits per heavy atom. The van der Waals surface area contributed by atoms with E-state index in [-0.39, 0.29) is 23.9 Å². The summed E-state index contributed by atoms with van der Waals surface area (Å²) in [6, 6.07) is 21.7. The van der Waals surface area contributed by atoms with E-state index in [9.17, 15) is 5.11 Å². The van der Waals surface area contributed by atoms with Crippen molar-refractivity contribution in [2.75, 3.05) is 13.2 Å². The highest BCUT2D eigenvalue weighted by Crippen LogP contribution is 2.44. The van der Waals surface area contributed by atoms with Crippen LogP contribution in [0.25, 0.3) is 0 Å². The predicted octanol–water partition coefficient (Wildman–Crippen LogP) is 8.35. The van der Waals surface area contributed by atoms with Crippen molar-refractivity contribution in [3.05, 3.63) is 72.5 Å². The number of allylic oxidation sites excluding steroid dienone is 1. The smallest absolute Gasteiger partial charge is 0.261 e. The van der Waals surface area contributed by atoms with Crippen LogP contribution in [0.4, 0.5) is 0 Å². The van der Waals surface area contributed by atoms with Gasteiger partial charge in [-0.05, 0) is 51.0 Å². The fraction of sp³-hybridized carbons (Fsp3) is 0.611. The molecule has 3 rings (SSSR count). The number of aliphatic hydroxyl groups excluding tert-OH is 1. The van der Waals surface area contributed by atoms with E-state index in [4.69, 9.17) is 13.6 Å². The maximum absolute atomic E-state index is 9.39. The highest BCUT2D eigenvalue weighted by atomic mass is 28.4. The molecule has 0 aromatic heterocycles. The van der Waals surface area contributed by atoms with E-state index in [0.717, 1.165) is 37.9 Å². The fourth-order valence-electron chi connectivity index (χ4n) is 7.42. The van der Waals surface area contributed by atoms with Crippen LogP contribution >= 0.6 is 0 Å². The third-order valence-electron chi connectivity index (χ3n) is 9.25. The molecule has 1 N–H and O–H groups in total. The standard InChI is InChI=1S/C36H58O4Si2/c1-28(2)41(29(3)4,30(5)6)40-33-26-31(18-16-17-24-37)39-32(27-33)23-25-38-42(36(7,8)9,34-19-12-10-13-20-34)35-21-14-11-15-22-35/h10-15,19-22,26,28-30,32-33,37H,16-18,23-25,27H2,1-9H3/t32-,33+/m1/s1. The quantitative estimate of drug-likeness (QED) is 0.163. The van der Waals surface area contributed by atoms with Gasteiger partial charge in [-0.15, -0.1) is 0 Å². The van der Waals surface area contributed by atoms with Crippen LogP contribution in [0.5, 0.6) is 0 Å². The Kier molecular flexibility index (Phi) is 12.7. The summed E-state index contributed by atoms with van der Waals surface area (Å²) in [5.74, 6) is 1.02. The lowest BCUT2D eigenvalue weighted by Crippen LogP contribution is -2.66. The van der Waals surface area contributed by atoms with Crippen molar-refractivity contribution in [1.29, 1.82) is 0 Å². The second-order valence-corrected chi connectivity index (χ2v) is 23.8. The fourth-order valence-corrected chi connectivity index (χ4v) is 17.5. The molecule has 0 spiro atoms. The van der Waals surface area contributed by atoms with Gasteiger partial charge >= 0.3 is 0 Å². The average molecular weight is 611 g/mol. The Balaban J connectivity index is 1.88. The number of hydrogen-bond acceptors (Lipinski definition) is 4. The molecule has 2 aromatic rings. The van der Waals surface area contributed by atoms with Crippen LogP contribution in [0.3, 0.4) is 0 Å². The molecule has 2 atom stereocenters. The highest BCUT2D eigenvalue weighted by molar-refractivity contribution is 6.99. The van der Waals surface area contributed by atoms with Gasteiger partial charge in [-0.2, -0.15) is 0 Å². The van der Waals surface area contributed by atoms with E-state index in [1.807, 2.05) is 0 Å². The van der Waals surface area contributed by atoms with E-state index >= 15 is 0 Å². The van der Waals surface area contributed by atoms with Crippen molar-refractivity contribution < 1.29 is 18.7 Å². The van der Waals surface area contributed by atoms with Crippen LogP contribution < -0.4 is 10.4 Å². The molecule has 0 aliphatic carbocycles. The predicted molar refractivity (Wildman–Crippen MR) is 183 cm³/mol. The van der Waals surface area contributed by atoms with Gasteiger partial charge in [0.05, 0.1) is 11.9 Å². The number of rotatable bonds is 15. The lowest BCUT2D eigenvalue weighted by atomic mass is 10.0. The zero-order chi connectivity index (χ0) is 31.0. The Bertz CT molecular complexity index is 1030. The molecule has 42 heavy (non-hydrogen) atoms. The van der Waals surface area contributed by atoms with Gasteiger partial charge in [0.25, 0.3) is 8.32 Å². The number of unbranched alkanes of at least 4 members (excludes halogenated alkanes) is 1. The Morgan fingerprint density at radius 2 is 1.36 bits per heavy atom. The van der Waals surface area contributed by atoms with E-state index in [0.29, 0.717) is 23.2 Å². The van der Waals surface area contributed by atoms with Crippen molar-refractivity contribution >= 4 is 27.0 Å². The monoisotopic (exact) mass is 610 g/mol. The molecule has 1 aliphatic rings. The average Bonchev–Trinajstić information content (AvgIpc) is 2.94. The highest BCUT2D eigenvalue weighted by Gasteiger charge is 2.50. The van der Waals surface area contributed by atoms with E-state index in [2.05, 4.69) is 129 Å². The summed E-state index contributed by atoms with van der Waals surface area (Å²) in [7, 11) is -4.65. The van der Waals surface area contributed by atoms with Crippen LogP contribution in [0.1, 0.15) is 94.4 Å². The zero-order valence-corrected chi connectivity index (χ0v) is 29.9. The summed E-state index contributed by atoms with van der Waals surface area (Å²) in [6.45, 7) is 22.0. The molecule has 1 heterocycles. The van der Waals surface area contributed by atoms with Gasteiger partial charge in [-0.1, -0.05) is 123 Å². The molecule has 0 unspecified atom stereocenters. The van der Waals surface area contributed by atoms with Gasteiger partial charge < -0.3 is 18.7 Å². The molecular formula is C36H58O4Si2. The molecule has 0 fully saturated rings. The molecule has 0 bridgehead atoms. The Labute approximate surface area is 259 Å². The summed E-state index contributed by atoms with van der Waals surface area (Å²) in [4.78, 5) is 0. The maximum atomic E-state index is 9.39. The molecule has 0 radical (unpaired) electrons.